The van der Waals surface area contributed by atoms with Crippen molar-refractivity contribution in [2.45, 2.75) is 27.7 Å². The summed E-state index contributed by atoms with van der Waals surface area (Å²) in [5.41, 5.74) is 5.10. The fourth-order valence-electron chi connectivity index (χ4n) is 4.68. The summed E-state index contributed by atoms with van der Waals surface area (Å²) in [6.07, 6.45) is 0. The van der Waals surface area contributed by atoms with Gasteiger partial charge in [0.25, 0.3) is 0 Å². The van der Waals surface area contributed by atoms with Crippen molar-refractivity contribution in [3.05, 3.63) is 48.5 Å². The summed E-state index contributed by atoms with van der Waals surface area (Å²) in [6.45, 7) is 16.3. The molecular weight excluding hydrogens is 396 g/mol. The van der Waals surface area contributed by atoms with Gasteiger partial charge in [-0.3, -0.25) is 0 Å². The van der Waals surface area contributed by atoms with Gasteiger partial charge in [-0.05, 0) is 66.6 Å². The van der Waals surface area contributed by atoms with Crippen LogP contribution in [0.3, 0.4) is 0 Å². The maximum atomic E-state index is 6.24. The Bertz CT molecular complexity index is 1050. The number of nitrogens with zero attached hydrogens (tertiary/aromatic N) is 2. The lowest BCUT2D eigenvalue weighted by Gasteiger charge is -2.18. The van der Waals surface area contributed by atoms with Gasteiger partial charge in [0, 0.05) is 23.9 Å². The molecule has 0 aromatic heterocycles. The van der Waals surface area contributed by atoms with Gasteiger partial charge < -0.3 is 19.3 Å². The molecule has 0 amide bonds. The van der Waals surface area contributed by atoms with Crippen LogP contribution in [0.2, 0.25) is 0 Å². The Hall–Kier alpha value is -2.56. The minimum atomic E-state index is 0.706. The van der Waals surface area contributed by atoms with Crippen LogP contribution in [0.5, 0.6) is 11.5 Å². The van der Waals surface area contributed by atoms with Gasteiger partial charge in [0.1, 0.15) is 24.7 Å². The highest BCUT2D eigenvalue weighted by molar-refractivity contribution is 6.16. The van der Waals surface area contributed by atoms with E-state index in [1.54, 1.807) is 0 Å². The number of rotatable bonds is 12. The van der Waals surface area contributed by atoms with Gasteiger partial charge in [0.2, 0.25) is 0 Å². The summed E-state index contributed by atoms with van der Waals surface area (Å²) < 4.78 is 12.3. The summed E-state index contributed by atoms with van der Waals surface area (Å²) in [5.74, 6) is 1.91. The lowest BCUT2D eigenvalue weighted by atomic mass is 10.0. The monoisotopic (exact) mass is 432 g/mol. The van der Waals surface area contributed by atoms with Gasteiger partial charge in [-0.25, -0.2) is 0 Å². The molecule has 0 N–H and O–H groups in total. The van der Waals surface area contributed by atoms with Crippen molar-refractivity contribution in [1.82, 2.24) is 9.80 Å². The summed E-state index contributed by atoms with van der Waals surface area (Å²) in [5, 5.41) is 2.49. The molecule has 4 heteroatoms. The van der Waals surface area contributed by atoms with E-state index in [2.05, 4.69) is 86.0 Å². The fourth-order valence-corrected chi connectivity index (χ4v) is 4.68. The van der Waals surface area contributed by atoms with Gasteiger partial charge in [-0.2, -0.15) is 0 Å². The maximum Gasteiger partial charge on any atom is 0.127 e. The Labute approximate surface area is 192 Å². The predicted molar refractivity (Wildman–Crippen MR) is 135 cm³/mol. The summed E-state index contributed by atoms with van der Waals surface area (Å²) in [7, 11) is 0. The lowest BCUT2D eigenvalue weighted by molar-refractivity contribution is 0.223. The minimum absolute atomic E-state index is 0.706. The van der Waals surface area contributed by atoms with E-state index in [4.69, 9.17) is 9.47 Å². The molecule has 0 saturated heterocycles. The van der Waals surface area contributed by atoms with E-state index in [1.807, 2.05) is 0 Å². The van der Waals surface area contributed by atoms with E-state index < -0.39 is 0 Å². The molecule has 4 nitrogen and oxygen atoms in total. The van der Waals surface area contributed by atoms with Gasteiger partial charge in [0.15, 0.2) is 0 Å². The van der Waals surface area contributed by atoms with Crippen molar-refractivity contribution >= 4 is 10.8 Å². The first-order valence-corrected chi connectivity index (χ1v) is 12.1. The second kappa shape index (κ2) is 10.4. The SMILES string of the molecule is CCN(CC)CCOc1ccc2c(c1)-c1ccc(OCCN(CC)CC)c3cccc-2c13. The molecule has 0 spiro atoms. The van der Waals surface area contributed by atoms with E-state index in [0.29, 0.717) is 13.2 Å². The number of hydrogen-bond donors (Lipinski definition) is 0. The molecule has 1 aliphatic rings. The molecule has 0 unspecified atom stereocenters. The van der Waals surface area contributed by atoms with Gasteiger partial charge in [-0.15, -0.1) is 0 Å². The average molecular weight is 433 g/mol. The third kappa shape index (κ3) is 4.48. The molecule has 0 radical (unpaired) electrons. The molecule has 170 valence electrons. The van der Waals surface area contributed by atoms with Crippen molar-refractivity contribution in [2.24, 2.45) is 0 Å². The van der Waals surface area contributed by atoms with Gasteiger partial charge >= 0.3 is 0 Å². The topological polar surface area (TPSA) is 24.9 Å². The van der Waals surface area contributed by atoms with E-state index in [9.17, 15) is 0 Å². The summed E-state index contributed by atoms with van der Waals surface area (Å²) >= 11 is 0. The Morgan fingerprint density at radius 1 is 0.625 bits per heavy atom. The average Bonchev–Trinajstić information content (AvgIpc) is 3.15. The first-order valence-electron chi connectivity index (χ1n) is 12.1. The highest BCUT2D eigenvalue weighted by atomic mass is 16.5. The molecule has 0 atom stereocenters. The van der Waals surface area contributed by atoms with Crippen LogP contribution in [0.25, 0.3) is 33.0 Å². The van der Waals surface area contributed by atoms with Crippen molar-refractivity contribution in [3.8, 4) is 33.8 Å². The van der Waals surface area contributed by atoms with Gasteiger partial charge in [0.05, 0.1) is 0 Å². The third-order valence-electron chi connectivity index (χ3n) is 6.70. The highest BCUT2D eigenvalue weighted by Crippen LogP contribution is 2.50. The number of ether oxygens (including phenoxy) is 2. The van der Waals surface area contributed by atoms with Crippen LogP contribution < -0.4 is 9.47 Å². The number of likely N-dealkylation sites (N-methyl/N-ethyl adjacent to an activating group) is 2. The highest BCUT2D eigenvalue weighted by Gasteiger charge is 2.23. The van der Waals surface area contributed by atoms with Crippen molar-refractivity contribution < 1.29 is 9.47 Å². The van der Waals surface area contributed by atoms with Crippen molar-refractivity contribution in [3.63, 3.8) is 0 Å². The Balaban J connectivity index is 1.56. The maximum absolute atomic E-state index is 6.24. The molecule has 0 fully saturated rings. The molecule has 0 saturated carbocycles. The quantitative estimate of drug-likeness (QED) is 0.277. The largest absolute Gasteiger partial charge is 0.492 e. The number of fused-ring (bicyclic) bond motifs is 3. The zero-order chi connectivity index (χ0) is 22.5. The van der Waals surface area contributed by atoms with E-state index in [0.717, 1.165) is 50.8 Å². The minimum Gasteiger partial charge on any atom is -0.492 e. The number of benzene rings is 3. The molecule has 3 aromatic carbocycles. The van der Waals surface area contributed by atoms with Crippen LogP contribution in [0.1, 0.15) is 27.7 Å². The molecule has 3 aromatic rings. The van der Waals surface area contributed by atoms with Crippen LogP contribution >= 0.6 is 0 Å². The van der Waals surface area contributed by atoms with E-state index in [1.165, 1.54) is 33.0 Å². The van der Waals surface area contributed by atoms with Crippen LogP contribution in [0.4, 0.5) is 0 Å². The van der Waals surface area contributed by atoms with Crippen LogP contribution in [-0.2, 0) is 0 Å². The molecule has 0 aliphatic heterocycles. The zero-order valence-electron chi connectivity index (χ0n) is 20.0. The molecule has 32 heavy (non-hydrogen) atoms. The van der Waals surface area contributed by atoms with E-state index in [-0.39, 0.29) is 0 Å². The second-order valence-electron chi connectivity index (χ2n) is 8.30. The second-order valence-corrected chi connectivity index (χ2v) is 8.30. The van der Waals surface area contributed by atoms with E-state index >= 15 is 0 Å². The molecule has 1 aliphatic carbocycles. The molecule has 0 bridgehead atoms. The molecular formula is C28H36N2O2. The van der Waals surface area contributed by atoms with Crippen LogP contribution in [-0.4, -0.2) is 62.3 Å². The Kier molecular flexibility index (Phi) is 7.33. The Morgan fingerprint density at radius 2 is 1.25 bits per heavy atom. The first kappa shape index (κ1) is 22.6. The zero-order valence-corrected chi connectivity index (χ0v) is 20.0. The van der Waals surface area contributed by atoms with Crippen LogP contribution in [0.15, 0.2) is 48.5 Å². The summed E-state index contributed by atoms with van der Waals surface area (Å²) in [4.78, 5) is 4.77. The number of hydrogen-bond acceptors (Lipinski definition) is 4. The standard InChI is InChI=1S/C28H36N2O2/c1-5-29(6-2)16-18-31-21-12-13-22-23-10-9-11-25-27(32-19-17-30(7-3)8-4)15-14-24(28(23)25)26(22)20-21/h9-15,20H,5-8,16-19H2,1-4H3. The normalized spacial score (nSPS) is 12.1. The van der Waals surface area contributed by atoms with Crippen molar-refractivity contribution in [2.75, 3.05) is 52.5 Å². The third-order valence-corrected chi connectivity index (χ3v) is 6.70. The molecule has 4 rings (SSSR count). The van der Waals surface area contributed by atoms with Crippen LogP contribution in [0, 0.1) is 0 Å². The predicted octanol–water partition coefficient (Wildman–Crippen LogP) is 5.93. The lowest BCUT2D eigenvalue weighted by Crippen LogP contribution is -2.27. The molecule has 0 heterocycles. The summed E-state index contributed by atoms with van der Waals surface area (Å²) in [6, 6.07) is 17.4. The first-order chi connectivity index (χ1) is 15.7. The fraction of sp³-hybridized carbons (Fsp3) is 0.429. The van der Waals surface area contributed by atoms with Crippen molar-refractivity contribution in [1.29, 1.82) is 0 Å². The van der Waals surface area contributed by atoms with Gasteiger partial charge in [-0.1, -0.05) is 58.0 Å². The Morgan fingerprint density at radius 3 is 1.94 bits per heavy atom. The smallest absolute Gasteiger partial charge is 0.127 e.